The average Bonchev–Trinajstić information content (AvgIpc) is 2.40. The van der Waals surface area contributed by atoms with Crippen molar-refractivity contribution < 1.29 is 29.0 Å². The number of hydrogen-bond acceptors (Lipinski definition) is 6. The molecule has 2 atom stereocenters. The van der Waals surface area contributed by atoms with Crippen molar-refractivity contribution in [3.8, 4) is 0 Å². The molecule has 2 heterocycles. The Balaban J connectivity index is 2.23. The zero-order chi connectivity index (χ0) is 14.9. The fourth-order valence-electron chi connectivity index (χ4n) is 2.08. The van der Waals surface area contributed by atoms with Crippen LogP contribution in [0.15, 0.2) is 11.3 Å². The minimum Gasteiger partial charge on any atom is -0.477 e. The highest BCUT2D eigenvalue weighted by Gasteiger charge is 2.53. The number of esters is 1. The van der Waals surface area contributed by atoms with Gasteiger partial charge in [-0.25, -0.2) is 4.79 Å². The summed E-state index contributed by atoms with van der Waals surface area (Å²) >= 11 is 1.32. The van der Waals surface area contributed by atoms with Crippen LogP contribution in [0.25, 0.3) is 0 Å². The summed E-state index contributed by atoms with van der Waals surface area (Å²) in [5.74, 6) is -1.94. The van der Waals surface area contributed by atoms with Crippen molar-refractivity contribution >= 4 is 36.0 Å². The van der Waals surface area contributed by atoms with Crippen molar-refractivity contribution in [2.75, 3.05) is 12.4 Å². The molecule has 0 aromatic heterocycles. The second kappa shape index (κ2) is 5.53. The lowest BCUT2D eigenvalue weighted by Gasteiger charge is -2.48. The van der Waals surface area contributed by atoms with Gasteiger partial charge in [-0.05, 0) is 0 Å². The Morgan fingerprint density at radius 1 is 1.60 bits per heavy atom. The van der Waals surface area contributed by atoms with E-state index in [0.29, 0.717) is 17.7 Å². The van der Waals surface area contributed by atoms with E-state index in [2.05, 4.69) is 5.32 Å². The summed E-state index contributed by atoms with van der Waals surface area (Å²) < 4.78 is 4.80. The summed E-state index contributed by atoms with van der Waals surface area (Å²) in [5.41, 5.74) is 0.204. The molecule has 1 saturated heterocycles. The van der Waals surface area contributed by atoms with E-state index in [4.69, 9.17) is 4.74 Å². The first-order valence-corrected chi connectivity index (χ1v) is 6.75. The monoisotopic (exact) mass is 300 g/mol. The normalized spacial score (nSPS) is 24.6. The molecule has 2 N–H and O–H groups in total. The predicted octanol–water partition coefficient (Wildman–Crippen LogP) is -1.08. The number of β-lactam (4-membered cyclic amide) rings is 1. The number of carboxylic acid groups (broad SMARTS) is 1. The summed E-state index contributed by atoms with van der Waals surface area (Å²) in [5, 5.41) is 11.2. The topological polar surface area (TPSA) is 113 Å². The number of thioether (sulfide) groups is 1. The van der Waals surface area contributed by atoms with Gasteiger partial charge >= 0.3 is 11.9 Å². The molecule has 0 aromatic carbocycles. The van der Waals surface area contributed by atoms with Crippen LogP contribution in [0.4, 0.5) is 0 Å². The largest absolute Gasteiger partial charge is 0.477 e. The molecule has 2 amide bonds. The van der Waals surface area contributed by atoms with Crippen LogP contribution in [0.1, 0.15) is 6.92 Å². The van der Waals surface area contributed by atoms with E-state index < -0.39 is 29.3 Å². The van der Waals surface area contributed by atoms with Crippen molar-refractivity contribution in [3.05, 3.63) is 11.3 Å². The van der Waals surface area contributed by atoms with Gasteiger partial charge in [0.15, 0.2) is 0 Å². The van der Waals surface area contributed by atoms with E-state index in [9.17, 15) is 24.3 Å². The number of hydrogen-bond donors (Lipinski definition) is 2. The van der Waals surface area contributed by atoms with Gasteiger partial charge in [0.2, 0.25) is 6.41 Å². The van der Waals surface area contributed by atoms with E-state index in [1.54, 1.807) is 0 Å². The molecule has 0 radical (unpaired) electrons. The molecule has 0 aromatic rings. The lowest BCUT2D eigenvalue weighted by Crippen LogP contribution is -2.69. The van der Waals surface area contributed by atoms with Crippen molar-refractivity contribution in [1.29, 1.82) is 0 Å². The molecule has 0 unspecified atom stereocenters. The van der Waals surface area contributed by atoms with Crippen LogP contribution in [0.2, 0.25) is 0 Å². The van der Waals surface area contributed by atoms with Crippen LogP contribution in [-0.2, 0) is 23.9 Å². The van der Waals surface area contributed by atoms with Gasteiger partial charge in [-0.15, -0.1) is 11.8 Å². The highest BCUT2D eigenvalue weighted by atomic mass is 32.2. The summed E-state index contributed by atoms with van der Waals surface area (Å²) in [6.07, 6.45) is 0.416. The second-order valence-electron chi connectivity index (χ2n) is 4.21. The van der Waals surface area contributed by atoms with Gasteiger partial charge in [0.1, 0.15) is 23.7 Å². The highest BCUT2D eigenvalue weighted by molar-refractivity contribution is 8.00. The zero-order valence-electron chi connectivity index (χ0n) is 10.5. The van der Waals surface area contributed by atoms with Gasteiger partial charge in [0.05, 0.1) is 0 Å². The quantitative estimate of drug-likeness (QED) is 0.377. The minimum atomic E-state index is -1.25. The molecule has 2 aliphatic rings. The fraction of sp³-hybridized carbons (Fsp3) is 0.455. The van der Waals surface area contributed by atoms with Crippen LogP contribution in [0.5, 0.6) is 0 Å². The van der Waals surface area contributed by atoms with Gasteiger partial charge < -0.3 is 15.2 Å². The van der Waals surface area contributed by atoms with Gasteiger partial charge in [-0.2, -0.15) is 0 Å². The molecule has 2 aliphatic heterocycles. The van der Waals surface area contributed by atoms with Crippen molar-refractivity contribution in [2.24, 2.45) is 0 Å². The molecule has 2 rings (SSSR count). The van der Waals surface area contributed by atoms with Crippen LogP contribution in [0.3, 0.4) is 0 Å². The van der Waals surface area contributed by atoms with E-state index >= 15 is 0 Å². The first kappa shape index (κ1) is 14.4. The third-order valence-corrected chi connectivity index (χ3v) is 4.29. The molecule has 8 nitrogen and oxygen atoms in total. The van der Waals surface area contributed by atoms with Gasteiger partial charge in [-0.1, -0.05) is 0 Å². The Morgan fingerprint density at radius 3 is 2.85 bits per heavy atom. The minimum absolute atomic E-state index is 0.160. The Kier molecular flexibility index (Phi) is 3.98. The third-order valence-electron chi connectivity index (χ3n) is 2.95. The Morgan fingerprint density at radius 2 is 2.30 bits per heavy atom. The highest BCUT2D eigenvalue weighted by Crippen LogP contribution is 2.40. The van der Waals surface area contributed by atoms with Crippen LogP contribution in [0, 0.1) is 0 Å². The Bertz CT molecular complexity index is 517. The molecular weight excluding hydrogens is 288 g/mol. The summed E-state index contributed by atoms with van der Waals surface area (Å²) in [6, 6.07) is -0.706. The molecule has 0 saturated carbocycles. The summed E-state index contributed by atoms with van der Waals surface area (Å²) in [6.45, 7) is 1.06. The molecule has 0 aliphatic carbocycles. The molecule has 0 spiro atoms. The van der Waals surface area contributed by atoms with Gasteiger partial charge in [0.25, 0.3) is 5.91 Å². The van der Waals surface area contributed by atoms with E-state index in [0.717, 1.165) is 4.90 Å². The number of nitrogens with one attached hydrogen (secondary N) is 1. The van der Waals surface area contributed by atoms with Crippen molar-refractivity contribution in [2.45, 2.75) is 18.3 Å². The Labute approximate surface area is 118 Å². The number of carbonyl (C=O) groups is 4. The third kappa shape index (κ3) is 2.36. The van der Waals surface area contributed by atoms with Crippen molar-refractivity contribution in [1.82, 2.24) is 10.2 Å². The zero-order valence-corrected chi connectivity index (χ0v) is 11.3. The Hall–Kier alpha value is -2.03. The number of nitrogens with zero attached hydrogens (tertiary/aromatic N) is 1. The van der Waals surface area contributed by atoms with Crippen LogP contribution in [-0.4, -0.2) is 58.0 Å². The lowest BCUT2D eigenvalue weighted by atomic mass is 10.0. The first-order chi connectivity index (χ1) is 9.47. The maximum Gasteiger partial charge on any atom is 0.352 e. The fourth-order valence-corrected chi connectivity index (χ4v) is 3.41. The standard InChI is InChI=1S/C11H12N2O6S/c1-5(15)19-2-6-3-20-10-7(12-4-14)9(16)13(10)8(6)11(17)18/h4,7,10H,2-3H2,1H3,(H,12,14)(H,17,18)/t7-,10+/m0/s1. The smallest absolute Gasteiger partial charge is 0.352 e. The van der Waals surface area contributed by atoms with E-state index in [-0.39, 0.29) is 12.3 Å². The summed E-state index contributed by atoms with van der Waals surface area (Å²) in [4.78, 5) is 45.5. The maximum absolute atomic E-state index is 11.9. The number of amides is 2. The van der Waals surface area contributed by atoms with E-state index in [1.165, 1.54) is 18.7 Å². The lowest BCUT2D eigenvalue weighted by molar-refractivity contribution is -0.150. The van der Waals surface area contributed by atoms with Gasteiger partial charge in [-0.3, -0.25) is 19.3 Å². The molecule has 1 fully saturated rings. The van der Waals surface area contributed by atoms with Crippen LogP contribution < -0.4 is 5.32 Å². The average molecular weight is 300 g/mol. The van der Waals surface area contributed by atoms with E-state index in [1.807, 2.05) is 0 Å². The SMILES string of the molecule is CC(=O)OCC1=C(C(=O)O)N2C(=O)[C@H](NC=O)[C@H]2SC1. The number of carboxylic acids is 1. The summed E-state index contributed by atoms with van der Waals surface area (Å²) in [7, 11) is 0. The first-order valence-electron chi connectivity index (χ1n) is 5.70. The predicted molar refractivity (Wildman–Crippen MR) is 67.4 cm³/mol. The van der Waals surface area contributed by atoms with Gasteiger partial charge in [0, 0.05) is 18.2 Å². The maximum atomic E-state index is 11.9. The number of carbonyl (C=O) groups excluding carboxylic acids is 3. The molecular formula is C11H12N2O6S. The molecule has 20 heavy (non-hydrogen) atoms. The number of aliphatic carboxylic acids is 1. The molecule has 9 heteroatoms. The number of rotatable bonds is 5. The molecule has 108 valence electrons. The second-order valence-corrected chi connectivity index (χ2v) is 5.31. The van der Waals surface area contributed by atoms with Crippen LogP contribution >= 0.6 is 11.8 Å². The number of fused-ring (bicyclic) bond motifs is 1. The molecule has 0 bridgehead atoms. The number of ether oxygens (including phenoxy) is 1. The van der Waals surface area contributed by atoms with Crippen molar-refractivity contribution in [3.63, 3.8) is 0 Å².